The molecule has 0 spiro atoms. The zero-order chi connectivity index (χ0) is 23.9. The molecule has 0 bridgehead atoms. The van der Waals surface area contributed by atoms with Crippen molar-refractivity contribution >= 4 is 18.0 Å². The Bertz CT molecular complexity index is 1120. The molecule has 1 aromatic heterocycles. The summed E-state index contributed by atoms with van der Waals surface area (Å²) >= 11 is 0. The first-order chi connectivity index (χ1) is 16.5. The second-order valence-corrected chi connectivity index (χ2v) is 7.99. The van der Waals surface area contributed by atoms with Crippen molar-refractivity contribution in [3.8, 4) is 11.1 Å². The van der Waals surface area contributed by atoms with Crippen LogP contribution in [0.25, 0.3) is 11.1 Å². The van der Waals surface area contributed by atoms with Crippen molar-refractivity contribution in [1.82, 2.24) is 15.8 Å². The fourth-order valence-electron chi connectivity index (χ4n) is 4.14. The molecule has 2 aromatic carbocycles. The van der Waals surface area contributed by atoms with E-state index in [2.05, 4.69) is 15.8 Å². The van der Waals surface area contributed by atoms with Gasteiger partial charge in [-0.3, -0.25) is 4.79 Å². The average Bonchev–Trinajstić information content (AvgIpc) is 3.49. The van der Waals surface area contributed by atoms with Crippen molar-refractivity contribution in [2.45, 2.75) is 31.2 Å². The average molecular weight is 463 g/mol. The van der Waals surface area contributed by atoms with Gasteiger partial charge in [-0.15, -0.1) is 0 Å². The molecule has 9 heteroatoms. The number of carboxylic acid groups (broad SMARTS) is 1. The molecule has 1 atom stereocenters. The van der Waals surface area contributed by atoms with Crippen molar-refractivity contribution in [2.75, 3.05) is 13.2 Å². The van der Waals surface area contributed by atoms with E-state index >= 15 is 0 Å². The van der Waals surface area contributed by atoms with Crippen LogP contribution in [0.2, 0.25) is 0 Å². The third-order valence-corrected chi connectivity index (χ3v) is 5.80. The summed E-state index contributed by atoms with van der Waals surface area (Å²) in [5.41, 5.74) is 4.40. The number of hydrogen-bond donors (Lipinski definition) is 3. The number of nitrogens with zero attached hydrogens (tertiary/aromatic N) is 1. The van der Waals surface area contributed by atoms with Crippen LogP contribution < -0.4 is 10.6 Å². The number of carbonyl (C=O) groups excluding carboxylic acids is 2. The van der Waals surface area contributed by atoms with Crippen LogP contribution in [0.4, 0.5) is 4.79 Å². The molecule has 0 unspecified atom stereocenters. The fourth-order valence-corrected chi connectivity index (χ4v) is 4.14. The standard InChI is InChI=1S/C25H25N3O6/c29-23(22-12-14-27-34-22)26-13-6-5-11-21(24(30)31)28-25(32)33-15-20-18-9-3-1-7-16(18)17-8-2-4-10-19(17)20/h1-4,7-10,12,14,20-21H,5-6,11,13,15H2,(H,26,29)(H,28,32)(H,30,31)/t21-/m0/s1. The minimum Gasteiger partial charge on any atom is -0.480 e. The Kier molecular flexibility index (Phi) is 7.22. The number of carboxylic acids is 1. The molecule has 9 nitrogen and oxygen atoms in total. The maximum atomic E-state index is 12.4. The van der Waals surface area contributed by atoms with E-state index in [0.29, 0.717) is 19.4 Å². The molecule has 0 radical (unpaired) electrons. The number of fused-ring (bicyclic) bond motifs is 3. The van der Waals surface area contributed by atoms with Crippen LogP contribution in [0.1, 0.15) is 46.9 Å². The number of alkyl carbamates (subject to hydrolysis) is 1. The summed E-state index contributed by atoms with van der Waals surface area (Å²) in [4.78, 5) is 35.7. The number of amides is 2. The molecular formula is C25H25N3O6. The summed E-state index contributed by atoms with van der Waals surface area (Å²) in [5.74, 6) is -1.52. The lowest BCUT2D eigenvalue weighted by Crippen LogP contribution is -2.41. The predicted octanol–water partition coefficient (Wildman–Crippen LogP) is 3.57. The Balaban J connectivity index is 1.24. The van der Waals surface area contributed by atoms with E-state index in [1.807, 2.05) is 48.5 Å². The lowest BCUT2D eigenvalue weighted by molar-refractivity contribution is -0.139. The summed E-state index contributed by atoms with van der Waals surface area (Å²) in [5, 5.41) is 18.0. The van der Waals surface area contributed by atoms with Crippen LogP contribution >= 0.6 is 0 Å². The van der Waals surface area contributed by atoms with Gasteiger partial charge in [0.2, 0.25) is 5.76 Å². The van der Waals surface area contributed by atoms with Gasteiger partial charge in [-0.25, -0.2) is 9.59 Å². The number of unbranched alkanes of at least 4 members (excludes halogenated alkanes) is 1. The highest BCUT2D eigenvalue weighted by Gasteiger charge is 2.29. The van der Waals surface area contributed by atoms with Gasteiger partial charge < -0.3 is 25.0 Å². The minimum atomic E-state index is -1.14. The number of rotatable bonds is 10. The van der Waals surface area contributed by atoms with E-state index < -0.39 is 18.1 Å². The van der Waals surface area contributed by atoms with E-state index in [4.69, 9.17) is 9.26 Å². The topological polar surface area (TPSA) is 131 Å². The minimum absolute atomic E-state index is 0.102. The molecule has 1 aliphatic rings. The van der Waals surface area contributed by atoms with Crippen LogP contribution in [0.3, 0.4) is 0 Å². The van der Waals surface area contributed by atoms with Crippen LogP contribution in [0, 0.1) is 0 Å². The maximum absolute atomic E-state index is 12.4. The molecule has 34 heavy (non-hydrogen) atoms. The first-order valence-corrected chi connectivity index (χ1v) is 11.1. The Labute approximate surface area is 196 Å². The summed E-state index contributed by atoms with van der Waals surface area (Å²) in [6.45, 7) is 0.455. The number of aromatic nitrogens is 1. The molecule has 1 heterocycles. The maximum Gasteiger partial charge on any atom is 0.407 e. The van der Waals surface area contributed by atoms with Gasteiger partial charge in [-0.2, -0.15) is 0 Å². The second-order valence-electron chi connectivity index (χ2n) is 7.99. The summed E-state index contributed by atoms with van der Waals surface area (Å²) in [6.07, 6.45) is 1.83. The predicted molar refractivity (Wildman–Crippen MR) is 122 cm³/mol. The first kappa shape index (κ1) is 23.0. The summed E-state index contributed by atoms with van der Waals surface area (Å²) in [6, 6.07) is 16.3. The van der Waals surface area contributed by atoms with Crippen molar-refractivity contribution < 1.29 is 28.8 Å². The van der Waals surface area contributed by atoms with E-state index in [1.165, 1.54) is 12.3 Å². The van der Waals surface area contributed by atoms with Gasteiger partial charge in [0, 0.05) is 18.5 Å². The fraction of sp³-hybridized carbons (Fsp3) is 0.280. The molecule has 2 amide bonds. The third-order valence-electron chi connectivity index (χ3n) is 5.80. The van der Waals surface area contributed by atoms with Gasteiger partial charge in [0.05, 0.1) is 6.20 Å². The SMILES string of the molecule is O=C(N[C@@H](CCCCNC(=O)c1ccno1)C(=O)O)OCC1c2ccccc2-c2ccccc21. The zero-order valence-electron chi connectivity index (χ0n) is 18.4. The second kappa shape index (κ2) is 10.7. The normalized spacial score (nSPS) is 12.9. The van der Waals surface area contributed by atoms with Crippen LogP contribution in [0.15, 0.2) is 65.3 Å². The van der Waals surface area contributed by atoms with Crippen molar-refractivity contribution in [3.63, 3.8) is 0 Å². The molecule has 0 aliphatic heterocycles. The van der Waals surface area contributed by atoms with Gasteiger partial charge in [0.1, 0.15) is 12.6 Å². The molecule has 0 saturated carbocycles. The molecule has 1 aliphatic carbocycles. The van der Waals surface area contributed by atoms with Gasteiger partial charge in [-0.1, -0.05) is 53.7 Å². The van der Waals surface area contributed by atoms with Crippen LogP contribution in [-0.4, -0.2) is 47.4 Å². The highest BCUT2D eigenvalue weighted by Crippen LogP contribution is 2.44. The molecule has 3 aromatic rings. The quantitative estimate of drug-likeness (QED) is 0.392. The Morgan fingerprint density at radius 1 is 1.00 bits per heavy atom. The smallest absolute Gasteiger partial charge is 0.407 e. The van der Waals surface area contributed by atoms with Crippen molar-refractivity contribution in [1.29, 1.82) is 0 Å². The third kappa shape index (κ3) is 5.25. The summed E-state index contributed by atoms with van der Waals surface area (Å²) in [7, 11) is 0. The number of hydrogen-bond acceptors (Lipinski definition) is 6. The molecule has 4 rings (SSSR count). The van der Waals surface area contributed by atoms with E-state index in [0.717, 1.165) is 22.3 Å². The lowest BCUT2D eigenvalue weighted by atomic mass is 9.98. The zero-order valence-corrected chi connectivity index (χ0v) is 18.4. The largest absolute Gasteiger partial charge is 0.480 e. The highest BCUT2D eigenvalue weighted by molar-refractivity contribution is 5.91. The van der Waals surface area contributed by atoms with Crippen molar-refractivity contribution in [3.05, 3.63) is 77.7 Å². The van der Waals surface area contributed by atoms with Gasteiger partial charge >= 0.3 is 12.1 Å². The van der Waals surface area contributed by atoms with Gasteiger partial charge in [-0.05, 0) is 41.5 Å². The van der Waals surface area contributed by atoms with Crippen LogP contribution in [-0.2, 0) is 9.53 Å². The number of nitrogens with one attached hydrogen (secondary N) is 2. The van der Waals surface area contributed by atoms with Crippen molar-refractivity contribution in [2.24, 2.45) is 0 Å². The highest BCUT2D eigenvalue weighted by atomic mass is 16.5. The Morgan fingerprint density at radius 3 is 2.29 bits per heavy atom. The molecule has 176 valence electrons. The monoisotopic (exact) mass is 463 g/mol. The Morgan fingerprint density at radius 2 is 1.68 bits per heavy atom. The Hall–Kier alpha value is -4.14. The molecule has 3 N–H and O–H groups in total. The van der Waals surface area contributed by atoms with E-state index in [9.17, 15) is 19.5 Å². The summed E-state index contributed by atoms with van der Waals surface area (Å²) < 4.78 is 10.2. The van der Waals surface area contributed by atoms with Gasteiger partial charge in [0.25, 0.3) is 5.91 Å². The number of benzene rings is 2. The number of carbonyl (C=O) groups is 3. The lowest BCUT2D eigenvalue weighted by Gasteiger charge is -2.17. The molecular weight excluding hydrogens is 438 g/mol. The van der Waals surface area contributed by atoms with E-state index in [1.54, 1.807) is 0 Å². The first-order valence-electron chi connectivity index (χ1n) is 11.1. The molecule has 0 fully saturated rings. The molecule has 0 saturated heterocycles. The number of ether oxygens (including phenoxy) is 1. The van der Waals surface area contributed by atoms with Gasteiger partial charge in [0.15, 0.2) is 0 Å². The van der Waals surface area contributed by atoms with E-state index in [-0.39, 0.29) is 30.6 Å². The van der Waals surface area contributed by atoms with Crippen LogP contribution in [0.5, 0.6) is 0 Å². The number of aliphatic carboxylic acids is 1.